The molecule has 0 aliphatic carbocycles. The Bertz CT molecular complexity index is 1700. The molecule has 1 fully saturated rings. The summed E-state index contributed by atoms with van der Waals surface area (Å²) in [6.07, 6.45) is 7.22. The maximum atomic E-state index is 15.2. The molecule has 10 nitrogen and oxygen atoms in total. The molecule has 238 valence electrons. The fourth-order valence-corrected chi connectivity index (χ4v) is 4.87. The van der Waals surface area contributed by atoms with Gasteiger partial charge >= 0.3 is 11.8 Å². The molecule has 1 aliphatic rings. The summed E-state index contributed by atoms with van der Waals surface area (Å²) in [6, 6.07) is 10.7. The molecule has 6 rings (SSSR count). The van der Waals surface area contributed by atoms with Crippen molar-refractivity contribution in [2.24, 2.45) is 0 Å². The second kappa shape index (κ2) is 14.9. The van der Waals surface area contributed by atoms with Gasteiger partial charge in [0.05, 0.1) is 17.4 Å². The summed E-state index contributed by atoms with van der Waals surface area (Å²) in [5, 5.41) is 6.50. The first-order valence-electron chi connectivity index (χ1n) is 15.7. The summed E-state index contributed by atoms with van der Waals surface area (Å²) in [4.78, 5) is 36.0. The van der Waals surface area contributed by atoms with Gasteiger partial charge in [0, 0.05) is 42.4 Å². The molecule has 5 aromatic rings. The van der Waals surface area contributed by atoms with E-state index in [1.807, 2.05) is 66.8 Å². The van der Waals surface area contributed by atoms with Crippen LogP contribution in [0.3, 0.4) is 0 Å². The molecule has 1 aromatic carbocycles. The van der Waals surface area contributed by atoms with E-state index in [1.54, 1.807) is 18.3 Å². The van der Waals surface area contributed by atoms with Crippen LogP contribution in [-0.2, 0) is 12.0 Å². The molecular formula is C34H43FN8O2. The summed E-state index contributed by atoms with van der Waals surface area (Å²) in [7, 11) is 0. The molecule has 0 bridgehead atoms. The van der Waals surface area contributed by atoms with Gasteiger partial charge in [0.25, 0.3) is 0 Å². The van der Waals surface area contributed by atoms with E-state index in [0.29, 0.717) is 39.6 Å². The smallest absolute Gasteiger partial charge is 0.315 e. The van der Waals surface area contributed by atoms with Gasteiger partial charge in [0.2, 0.25) is 0 Å². The van der Waals surface area contributed by atoms with Gasteiger partial charge in [-0.25, -0.2) is 14.4 Å². The monoisotopic (exact) mass is 614 g/mol. The number of nitrogens with one attached hydrogen (secondary N) is 2. The van der Waals surface area contributed by atoms with Crippen LogP contribution in [0.5, 0.6) is 0 Å². The van der Waals surface area contributed by atoms with E-state index in [0.717, 1.165) is 24.3 Å². The number of aromatic nitrogens is 6. The molecule has 0 saturated carbocycles. The predicted octanol–water partition coefficient (Wildman–Crippen LogP) is 7.48. The topological polar surface area (TPSA) is 126 Å². The highest BCUT2D eigenvalue weighted by Gasteiger charge is 2.24. The SMILES string of the molecule is CC.CC.CC(C)(C)c1noc(C(=O)NCc2ccc(-c3ccnc4nc(-c5ccc(N6CCCCC6)cn5)[nH]c34)cc2F)n1. The number of hydrogen-bond donors (Lipinski definition) is 2. The first-order valence-corrected chi connectivity index (χ1v) is 15.7. The minimum atomic E-state index is -0.560. The van der Waals surface area contributed by atoms with Crippen molar-refractivity contribution in [3.8, 4) is 22.6 Å². The van der Waals surface area contributed by atoms with Crippen LogP contribution in [0, 0.1) is 5.82 Å². The van der Waals surface area contributed by atoms with E-state index < -0.39 is 11.7 Å². The third kappa shape index (κ3) is 7.71. The third-order valence-corrected chi connectivity index (χ3v) is 7.20. The molecule has 4 aromatic heterocycles. The van der Waals surface area contributed by atoms with E-state index in [2.05, 4.69) is 46.4 Å². The lowest BCUT2D eigenvalue weighted by Gasteiger charge is -2.28. The van der Waals surface area contributed by atoms with Crippen LogP contribution >= 0.6 is 0 Å². The quantitative estimate of drug-likeness (QED) is 0.202. The number of anilines is 1. The molecule has 2 N–H and O–H groups in total. The number of halogens is 1. The molecule has 1 saturated heterocycles. The lowest BCUT2D eigenvalue weighted by atomic mass is 9.96. The number of H-pyrrole nitrogens is 1. The number of aromatic amines is 1. The zero-order chi connectivity index (χ0) is 32.6. The molecule has 45 heavy (non-hydrogen) atoms. The van der Waals surface area contributed by atoms with E-state index in [1.165, 1.54) is 25.3 Å². The van der Waals surface area contributed by atoms with Gasteiger partial charge in [0.1, 0.15) is 11.5 Å². The van der Waals surface area contributed by atoms with Crippen molar-refractivity contribution in [1.29, 1.82) is 0 Å². The van der Waals surface area contributed by atoms with Crippen LogP contribution in [0.25, 0.3) is 33.8 Å². The van der Waals surface area contributed by atoms with Gasteiger partial charge in [-0.15, -0.1) is 0 Å². The average molecular weight is 615 g/mol. The molecule has 1 aliphatic heterocycles. The number of pyridine rings is 2. The van der Waals surface area contributed by atoms with Crippen LogP contribution in [0.4, 0.5) is 10.1 Å². The highest BCUT2D eigenvalue weighted by atomic mass is 19.1. The van der Waals surface area contributed by atoms with Crippen LogP contribution in [0.15, 0.2) is 53.3 Å². The standard InChI is InChI=1S/C30H31FN8O2.2C2H6/c1-30(2,3)29-37-28(41-38-29)27(40)34-16-19-8-7-18(15-22(19)31)21-11-12-32-26-24(21)35-25(36-26)23-10-9-20(17-33-23)39-13-5-4-6-14-39;2*1-2/h7-12,15,17H,4-6,13-14,16H2,1-3H3,(H,34,40)(H,32,35,36);2*1-2H3. The molecule has 0 unspecified atom stereocenters. The van der Waals surface area contributed by atoms with Crippen molar-refractivity contribution in [3.63, 3.8) is 0 Å². The minimum absolute atomic E-state index is 0.0305. The molecular weight excluding hydrogens is 571 g/mol. The Labute approximate surface area is 263 Å². The van der Waals surface area contributed by atoms with Crippen LogP contribution in [0.1, 0.15) is 89.8 Å². The first-order chi connectivity index (χ1) is 21.8. The lowest BCUT2D eigenvalue weighted by Crippen LogP contribution is -2.29. The molecule has 0 radical (unpaired) electrons. The number of amides is 1. The molecule has 11 heteroatoms. The highest BCUT2D eigenvalue weighted by molar-refractivity contribution is 5.91. The number of hydrogen-bond acceptors (Lipinski definition) is 8. The van der Waals surface area contributed by atoms with E-state index >= 15 is 4.39 Å². The predicted molar refractivity (Wildman–Crippen MR) is 175 cm³/mol. The van der Waals surface area contributed by atoms with Gasteiger partial charge in [-0.05, 0) is 49.1 Å². The number of piperidine rings is 1. The largest absolute Gasteiger partial charge is 0.370 e. The molecule has 0 atom stereocenters. The van der Waals surface area contributed by atoms with Crippen molar-refractivity contribution in [3.05, 3.63) is 71.9 Å². The normalized spacial score (nSPS) is 13.0. The number of rotatable bonds is 6. The fraction of sp³-hybridized carbons (Fsp3) is 0.412. The van der Waals surface area contributed by atoms with E-state index in [-0.39, 0.29) is 17.9 Å². The number of imidazole rings is 1. The van der Waals surface area contributed by atoms with Crippen LogP contribution < -0.4 is 10.2 Å². The van der Waals surface area contributed by atoms with Crippen LogP contribution in [0.2, 0.25) is 0 Å². The Hall–Kier alpha value is -4.67. The molecule has 5 heterocycles. The summed E-state index contributed by atoms with van der Waals surface area (Å²) >= 11 is 0. The van der Waals surface area contributed by atoms with Gasteiger partial charge in [-0.1, -0.05) is 65.8 Å². The Morgan fingerprint density at radius 2 is 1.76 bits per heavy atom. The van der Waals surface area contributed by atoms with Crippen LogP contribution in [-0.4, -0.2) is 49.1 Å². The number of carbonyl (C=O) groups excluding carboxylic acids is 1. The molecule has 1 amide bonds. The van der Waals surface area contributed by atoms with Crippen molar-refractivity contribution < 1.29 is 13.7 Å². The Balaban J connectivity index is 0.00000111. The second-order valence-electron chi connectivity index (χ2n) is 11.3. The number of benzene rings is 1. The average Bonchev–Trinajstić information content (AvgIpc) is 3.75. The van der Waals surface area contributed by atoms with E-state index in [4.69, 9.17) is 4.52 Å². The summed E-state index contributed by atoms with van der Waals surface area (Å²) in [6.45, 7) is 15.8. The number of carbonyl (C=O) groups is 1. The summed E-state index contributed by atoms with van der Waals surface area (Å²) in [5.74, 6) is -0.148. The lowest BCUT2D eigenvalue weighted by molar-refractivity contribution is 0.0906. The number of nitrogens with zero attached hydrogens (tertiary/aromatic N) is 6. The summed E-state index contributed by atoms with van der Waals surface area (Å²) in [5.41, 5.74) is 4.41. The Kier molecular flexibility index (Phi) is 11.0. The first kappa shape index (κ1) is 33.2. The zero-order valence-corrected chi connectivity index (χ0v) is 27.2. The number of fused-ring (bicyclic) bond motifs is 1. The summed E-state index contributed by atoms with van der Waals surface area (Å²) < 4.78 is 20.2. The second-order valence-corrected chi connectivity index (χ2v) is 11.3. The Morgan fingerprint density at radius 3 is 2.40 bits per heavy atom. The van der Waals surface area contributed by atoms with Gasteiger partial charge in [-0.3, -0.25) is 9.78 Å². The van der Waals surface area contributed by atoms with Gasteiger partial charge in [-0.2, -0.15) is 4.98 Å². The van der Waals surface area contributed by atoms with Crippen molar-refractivity contribution in [2.45, 2.75) is 79.7 Å². The third-order valence-electron chi connectivity index (χ3n) is 7.20. The minimum Gasteiger partial charge on any atom is -0.370 e. The fourth-order valence-electron chi connectivity index (χ4n) is 4.87. The van der Waals surface area contributed by atoms with Gasteiger partial charge in [0.15, 0.2) is 17.3 Å². The van der Waals surface area contributed by atoms with E-state index in [9.17, 15) is 4.79 Å². The molecule has 0 spiro atoms. The Morgan fingerprint density at radius 1 is 1.00 bits per heavy atom. The van der Waals surface area contributed by atoms with Crippen molar-refractivity contribution in [1.82, 2.24) is 35.4 Å². The van der Waals surface area contributed by atoms with Gasteiger partial charge < -0.3 is 19.7 Å². The maximum absolute atomic E-state index is 15.2. The highest BCUT2D eigenvalue weighted by Crippen LogP contribution is 2.30. The maximum Gasteiger partial charge on any atom is 0.315 e. The zero-order valence-electron chi connectivity index (χ0n) is 27.2. The van der Waals surface area contributed by atoms with Crippen molar-refractivity contribution >= 4 is 22.8 Å². The van der Waals surface area contributed by atoms with Crippen molar-refractivity contribution in [2.75, 3.05) is 18.0 Å².